The third kappa shape index (κ3) is 2.26. The summed E-state index contributed by atoms with van der Waals surface area (Å²) in [6, 6.07) is 0. The minimum absolute atomic E-state index is 0.0830. The van der Waals surface area contributed by atoms with Crippen LogP contribution in [0.1, 0.15) is 38.5 Å². The summed E-state index contributed by atoms with van der Waals surface area (Å²) in [4.78, 5) is 11.5. The van der Waals surface area contributed by atoms with E-state index >= 15 is 0 Å². The van der Waals surface area contributed by atoms with E-state index in [4.69, 9.17) is 0 Å². The van der Waals surface area contributed by atoms with Crippen molar-refractivity contribution < 1.29 is 13.6 Å². The predicted molar refractivity (Wildman–Crippen MR) is 44.6 cm³/mol. The molecule has 0 saturated heterocycles. The van der Waals surface area contributed by atoms with E-state index in [2.05, 4.69) is 0 Å². The predicted octanol–water partition coefficient (Wildman–Crippen LogP) is 2.79. The second-order valence-corrected chi connectivity index (χ2v) is 4.41. The first-order valence-corrected chi connectivity index (χ1v) is 4.97. The van der Waals surface area contributed by atoms with Gasteiger partial charge in [-0.1, -0.05) is 0 Å². The monoisotopic (exact) mass is 188 g/mol. The van der Waals surface area contributed by atoms with Crippen LogP contribution in [0.3, 0.4) is 0 Å². The highest BCUT2D eigenvalue weighted by Crippen LogP contribution is 2.42. The summed E-state index contributed by atoms with van der Waals surface area (Å²) in [7, 11) is 0. The number of rotatable bonds is 3. The maximum atomic E-state index is 12.8. The number of hydrogen-bond donors (Lipinski definition) is 0. The molecule has 0 N–H and O–H groups in total. The van der Waals surface area contributed by atoms with E-state index in [1.807, 2.05) is 0 Å². The fourth-order valence-electron chi connectivity index (χ4n) is 2.00. The van der Waals surface area contributed by atoms with Gasteiger partial charge in [0.15, 0.2) is 0 Å². The van der Waals surface area contributed by atoms with Gasteiger partial charge in [0.05, 0.1) is 0 Å². The standard InChI is InChI=1S/C10H14F2O/c11-10(12)4-3-8(6-10)9(13)5-7-1-2-7/h7-8H,1-6H2. The summed E-state index contributed by atoms with van der Waals surface area (Å²) in [6.45, 7) is 0. The molecule has 1 nitrogen and oxygen atoms in total. The maximum Gasteiger partial charge on any atom is 0.248 e. The quantitative estimate of drug-likeness (QED) is 0.665. The molecule has 0 aliphatic heterocycles. The van der Waals surface area contributed by atoms with Crippen molar-refractivity contribution in [2.75, 3.05) is 0 Å². The van der Waals surface area contributed by atoms with Crippen LogP contribution in [0.5, 0.6) is 0 Å². The molecule has 1 unspecified atom stereocenters. The van der Waals surface area contributed by atoms with Crippen LogP contribution >= 0.6 is 0 Å². The van der Waals surface area contributed by atoms with Crippen molar-refractivity contribution in [3.05, 3.63) is 0 Å². The molecule has 2 fully saturated rings. The van der Waals surface area contributed by atoms with Crippen molar-refractivity contribution in [3.63, 3.8) is 0 Å². The zero-order valence-electron chi connectivity index (χ0n) is 7.56. The fourth-order valence-corrected chi connectivity index (χ4v) is 2.00. The van der Waals surface area contributed by atoms with Crippen LogP contribution < -0.4 is 0 Å². The molecule has 13 heavy (non-hydrogen) atoms. The Balaban J connectivity index is 1.83. The number of carbonyl (C=O) groups excluding carboxylic acids is 1. The molecule has 3 heteroatoms. The lowest BCUT2D eigenvalue weighted by atomic mass is 9.98. The van der Waals surface area contributed by atoms with E-state index in [-0.39, 0.29) is 24.5 Å². The Morgan fingerprint density at radius 3 is 2.46 bits per heavy atom. The zero-order chi connectivity index (χ0) is 9.47. The van der Waals surface area contributed by atoms with E-state index in [0.717, 1.165) is 12.8 Å². The summed E-state index contributed by atoms with van der Waals surface area (Å²) in [5.74, 6) is -2.29. The molecule has 0 heterocycles. The van der Waals surface area contributed by atoms with Gasteiger partial charge in [-0.15, -0.1) is 0 Å². The van der Waals surface area contributed by atoms with E-state index in [0.29, 0.717) is 18.8 Å². The summed E-state index contributed by atoms with van der Waals surface area (Å²) < 4.78 is 25.5. The second-order valence-electron chi connectivity index (χ2n) is 4.41. The highest BCUT2D eigenvalue weighted by molar-refractivity contribution is 5.81. The van der Waals surface area contributed by atoms with E-state index in [1.54, 1.807) is 0 Å². The molecule has 74 valence electrons. The van der Waals surface area contributed by atoms with Crippen molar-refractivity contribution in [2.45, 2.75) is 44.4 Å². The largest absolute Gasteiger partial charge is 0.299 e. The van der Waals surface area contributed by atoms with Gasteiger partial charge in [0, 0.05) is 25.2 Å². The Morgan fingerprint density at radius 1 is 1.31 bits per heavy atom. The molecule has 0 bridgehead atoms. The van der Waals surface area contributed by atoms with Crippen LogP contribution in [0.4, 0.5) is 8.78 Å². The summed E-state index contributed by atoms with van der Waals surface area (Å²) >= 11 is 0. The van der Waals surface area contributed by atoms with Crippen LogP contribution in [-0.4, -0.2) is 11.7 Å². The van der Waals surface area contributed by atoms with Gasteiger partial charge in [-0.2, -0.15) is 0 Å². The van der Waals surface area contributed by atoms with Gasteiger partial charge in [-0.05, 0) is 25.2 Å². The third-order valence-corrected chi connectivity index (χ3v) is 3.05. The van der Waals surface area contributed by atoms with Crippen molar-refractivity contribution in [1.29, 1.82) is 0 Å². The van der Waals surface area contributed by atoms with Crippen LogP contribution in [0.2, 0.25) is 0 Å². The molecule has 0 spiro atoms. The summed E-state index contributed by atoms with van der Waals surface area (Å²) in [5.41, 5.74) is 0. The van der Waals surface area contributed by atoms with E-state index < -0.39 is 5.92 Å². The Labute approximate surface area is 76.5 Å². The SMILES string of the molecule is O=C(CC1CC1)C1CCC(F)(F)C1. The van der Waals surface area contributed by atoms with Crippen molar-refractivity contribution >= 4 is 5.78 Å². The molecule has 2 aliphatic carbocycles. The molecule has 0 radical (unpaired) electrons. The maximum absolute atomic E-state index is 12.8. The van der Waals surface area contributed by atoms with Gasteiger partial charge in [0.1, 0.15) is 5.78 Å². The number of carbonyl (C=O) groups is 1. The van der Waals surface area contributed by atoms with E-state index in [1.165, 1.54) is 0 Å². The molecule has 2 aliphatic rings. The Hall–Kier alpha value is -0.470. The molecule has 0 amide bonds. The minimum Gasteiger partial charge on any atom is -0.299 e. The minimum atomic E-state index is -2.57. The van der Waals surface area contributed by atoms with E-state index in [9.17, 15) is 13.6 Å². The first kappa shape index (κ1) is 9.10. The lowest BCUT2D eigenvalue weighted by molar-refractivity contribution is -0.124. The zero-order valence-corrected chi connectivity index (χ0v) is 7.56. The molecular weight excluding hydrogens is 174 g/mol. The number of hydrogen-bond acceptors (Lipinski definition) is 1. The topological polar surface area (TPSA) is 17.1 Å². The van der Waals surface area contributed by atoms with Gasteiger partial charge in [0.2, 0.25) is 5.92 Å². The van der Waals surface area contributed by atoms with Crippen molar-refractivity contribution in [1.82, 2.24) is 0 Å². The van der Waals surface area contributed by atoms with Crippen LogP contribution in [-0.2, 0) is 4.79 Å². The summed E-state index contributed by atoms with van der Waals surface area (Å²) in [6.07, 6.45) is 2.91. The Bertz CT molecular complexity index is 221. The first-order valence-electron chi connectivity index (χ1n) is 4.97. The lowest BCUT2D eigenvalue weighted by Gasteiger charge is -2.08. The number of ketones is 1. The second kappa shape index (κ2) is 3.03. The molecule has 0 aromatic heterocycles. The normalized spacial score (nSPS) is 32.0. The van der Waals surface area contributed by atoms with Crippen LogP contribution in [0.15, 0.2) is 0 Å². The smallest absolute Gasteiger partial charge is 0.248 e. The number of alkyl halides is 2. The third-order valence-electron chi connectivity index (χ3n) is 3.05. The molecular formula is C10H14F2O. The Morgan fingerprint density at radius 2 is 2.00 bits per heavy atom. The van der Waals surface area contributed by atoms with Gasteiger partial charge in [-0.3, -0.25) is 4.79 Å². The number of halogens is 2. The number of Topliss-reactive ketones (excluding diaryl/α,β-unsaturated/α-hetero) is 1. The first-order chi connectivity index (χ1) is 6.07. The fraction of sp³-hybridized carbons (Fsp3) is 0.900. The van der Waals surface area contributed by atoms with Gasteiger partial charge in [0.25, 0.3) is 0 Å². The van der Waals surface area contributed by atoms with Crippen molar-refractivity contribution in [2.24, 2.45) is 11.8 Å². The van der Waals surface area contributed by atoms with Gasteiger partial charge < -0.3 is 0 Å². The van der Waals surface area contributed by atoms with Crippen LogP contribution in [0.25, 0.3) is 0 Å². The molecule has 2 saturated carbocycles. The van der Waals surface area contributed by atoms with Crippen molar-refractivity contribution in [3.8, 4) is 0 Å². The average molecular weight is 188 g/mol. The highest BCUT2D eigenvalue weighted by Gasteiger charge is 2.43. The van der Waals surface area contributed by atoms with Gasteiger partial charge >= 0.3 is 0 Å². The van der Waals surface area contributed by atoms with Crippen LogP contribution in [0, 0.1) is 11.8 Å². The lowest BCUT2D eigenvalue weighted by Crippen LogP contribution is -2.15. The Kier molecular flexibility index (Phi) is 2.12. The molecule has 0 aromatic rings. The highest BCUT2D eigenvalue weighted by atomic mass is 19.3. The molecule has 2 rings (SSSR count). The molecule has 1 atom stereocenters. The summed E-state index contributed by atoms with van der Waals surface area (Å²) in [5, 5.41) is 0. The average Bonchev–Trinajstić information content (AvgIpc) is 2.75. The van der Waals surface area contributed by atoms with Gasteiger partial charge in [-0.25, -0.2) is 8.78 Å². The molecule has 0 aromatic carbocycles.